The third kappa shape index (κ3) is 5.14. The predicted molar refractivity (Wildman–Crippen MR) is 87.5 cm³/mol. The van der Waals surface area contributed by atoms with Crippen molar-refractivity contribution < 1.29 is 4.79 Å². The first-order valence-corrected chi connectivity index (χ1v) is 7.88. The highest BCUT2D eigenvalue weighted by atomic mass is 16.2. The number of benzene rings is 1. The van der Waals surface area contributed by atoms with Gasteiger partial charge in [-0.05, 0) is 57.9 Å². The average Bonchev–Trinajstić information content (AvgIpc) is 2.90. The van der Waals surface area contributed by atoms with Crippen molar-refractivity contribution in [1.29, 1.82) is 0 Å². The maximum absolute atomic E-state index is 12.2. The smallest absolute Gasteiger partial charge is 0.238 e. The maximum atomic E-state index is 12.2. The Morgan fingerprint density at radius 3 is 2.90 bits per heavy atom. The maximum Gasteiger partial charge on any atom is 0.238 e. The molecule has 1 aliphatic rings. The van der Waals surface area contributed by atoms with Gasteiger partial charge in [-0.2, -0.15) is 0 Å². The molecule has 1 amide bonds. The molecule has 2 N–H and O–H groups in total. The molecule has 0 bridgehead atoms. The summed E-state index contributed by atoms with van der Waals surface area (Å²) in [6, 6.07) is 8.82. The van der Waals surface area contributed by atoms with Crippen LogP contribution in [0.15, 0.2) is 24.3 Å². The minimum absolute atomic E-state index is 0.0623. The Morgan fingerprint density at radius 2 is 2.29 bits per heavy atom. The molecule has 2 rings (SSSR count). The summed E-state index contributed by atoms with van der Waals surface area (Å²) in [5, 5.41) is 6.49. The summed E-state index contributed by atoms with van der Waals surface area (Å²) in [6.07, 6.45) is 2.45. The molecule has 21 heavy (non-hydrogen) atoms. The fraction of sp³-hybridized carbons (Fsp3) is 0.588. The number of anilines is 1. The summed E-state index contributed by atoms with van der Waals surface area (Å²) in [4.78, 5) is 14.5. The molecule has 1 unspecified atom stereocenters. The lowest BCUT2D eigenvalue weighted by atomic mass is 10.2. The molecule has 4 heteroatoms. The van der Waals surface area contributed by atoms with E-state index in [9.17, 15) is 4.79 Å². The molecule has 116 valence electrons. The summed E-state index contributed by atoms with van der Waals surface area (Å²) in [5.74, 6) is 0.0623. The molecule has 0 aliphatic carbocycles. The third-order valence-corrected chi connectivity index (χ3v) is 4.00. The van der Waals surface area contributed by atoms with E-state index >= 15 is 0 Å². The van der Waals surface area contributed by atoms with E-state index in [1.165, 1.54) is 12.8 Å². The van der Waals surface area contributed by atoms with Gasteiger partial charge in [-0.15, -0.1) is 0 Å². The van der Waals surface area contributed by atoms with Crippen molar-refractivity contribution >= 4 is 11.6 Å². The number of amides is 1. The monoisotopic (exact) mass is 289 g/mol. The molecule has 1 aromatic rings. The Hall–Kier alpha value is -1.39. The van der Waals surface area contributed by atoms with Gasteiger partial charge < -0.3 is 10.6 Å². The van der Waals surface area contributed by atoms with Crippen molar-refractivity contribution in [2.24, 2.45) is 0 Å². The zero-order chi connectivity index (χ0) is 15.2. The lowest BCUT2D eigenvalue weighted by molar-refractivity contribution is -0.117. The molecule has 1 saturated heterocycles. The van der Waals surface area contributed by atoms with Gasteiger partial charge in [-0.1, -0.05) is 12.1 Å². The van der Waals surface area contributed by atoms with Crippen LogP contribution in [0.5, 0.6) is 0 Å². The van der Waals surface area contributed by atoms with Crippen LogP contribution in [-0.4, -0.2) is 42.5 Å². The highest BCUT2D eigenvalue weighted by molar-refractivity contribution is 5.92. The largest absolute Gasteiger partial charge is 0.325 e. The second-order valence-corrected chi connectivity index (χ2v) is 6.23. The van der Waals surface area contributed by atoms with Gasteiger partial charge in [0.2, 0.25) is 5.91 Å². The summed E-state index contributed by atoms with van der Waals surface area (Å²) < 4.78 is 0. The number of aryl methyl sites for hydroxylation is 1. The zero-order valence-corrected chi connectivity index (χ0v) is 13.4. The van der Waals surface area contributed by atoms with Crippen LogP contribution in [-0.2, 0) is 4.79 Å². The van der Waals surface area contributed by atoms with Crippen LogP contribution in [0.25, 0.3) is 0 Å². The number of rotatable bonds is 6. The molecule has 1 aliphatic heterocycles. The van der Waals surface area contributed by atoms with Crippen molar-refractivity contribution in [2.75, 3.05) is 25.0 Å². The Bertz CT molecular complexity index is 467. The molecular weight excluding hydrogens is 262 g/mol. The minimum Gasteiger partial charge on any atom is -0.325 e. The lowest BCUT2D eigenvalue weighted by Gasteiger charge is -2.28. The summed E-state index contributed by atoms with van der Waals surface area (Å²) in [6.45, 7) is 8.82. The second-order valence-electron chi connectivity index (χ2n) is 6.23. The Labute approximate surface area is 127 Å². The van der Waals surface area contributed by atoms with Crippen LogP contribution >= 0.6 is 0 Å². The zero-order valence-electron chi connectivity index (χ0n) is 13.4. The number of nitrogens with zero attached hydrogens (tertiary/aromatic N) is 1. The van der Waals surface area contributed by atoms with Gasteiger partial charge in [-0.3, -0.25) is 9.69 Å². The van der Waals surface area contributed by atoms with E-state index in [2.05, 4.69) is 29.4 Å². The molecule has 0 spiro atoms. The van der Waals surface area contributed by atoms with Crippen molar-refractivity contribution in [1.82, 2.24) is 10.2 Å². The van der Waals surface area contributed by atoms with Crippen molar-refractivity contribution in [3.05, 3.63) is 29.8 Å². The molecule has 4 nitrogen and oxygen atoms in total. The van der Waals surface area contributed by atoms with Crippen LogP contribution in [0.1, 0.15) is 32.3 Å². The van der Waals surface area contributed by atoms with E-state index in [4.69, 9.17) is 0 Å². The van der Waals surface area contributed by atoms with Crippen LogP contribution < -0.4 is 10.6 Å². The Balaban J connectivity index is 1.88. The Morgan fingerprint density at radius 1 is 1.48 bits per heavy atom. The van der Waals surface area contributed by atoms with Gasteiger partial charge in [0, 0.05) is 24.3 Å². The first-order chi connectivity index (χ1) is 10.0. The Kier molecular flexibility index (Phi) is 5.76. The summed E-state index contributed by atoms with van der Waals surface area (Å²) in [7, 11) is 0. The fourth-order valence-electron chi connectivity index (χ4n) is 2.76. The fourth-order valence-corrected chi connectivity index (χ4v) is 2.76. The van der Waals surface area contributed by atoms with E-state index in [0.717, 1.165) is 24.3 Å². The van der Waals surface area contributed by atoms with Gasteiger partial charge >= 0.3 is 0 Å². The second kappa shape index (κ2) is 7.57. The van der Waals surface area contributed by atoms with Crippen LogP contribution in [0.4, 0.5) is 5.69 Å². The predicted octanol–water partition coefficient (Wildman–Crippen LogP) is 2.40. The SMILES string of the molecule is Cc1cccc(NC(=O)CN(CC2CCCN2)C(C)C)c1. The summed E-state index contributed by atoms with van der Waals surface area (Å²) >= 11 is 0. The van der Waals surface area contributed by atoms with Gasteiger partial charge in [-0.25, -0.2) is 0 Å². The van der Waals surface area contributed by atoms with Gasteiger partial charge in [0.15, 0.2) is 0 Å². The molecular formula is C17H27N3O. The number of hydrogen-bond acceptors (Lipinski definition) is 3. The first kappa shape index (κ1) is 16.0. The molecule has 0 aromatic heterocycles. The van der Waals surface area contributed by atoms with E-state index in [-0.39, 0.29) is 5.91 Å². The van der Waals surface area contributed by atoms with Gasteiger partial charge in [0.25, 0.3) is 0 Å². The topological polar surface area (TPSA) is 44.4 Å². The van der Waals surface area contributed by atoms with Crippen molar-refractivity contribution in [2.45, 2.75) is 45.7 Å². The molecule has 1 heterocycles. The molecule has 1 fully saturated rings. The summed E-state index contributed by atoms with van der Waals surface area (Å²) in [5.41, 5.74) is 2.03. The van der Waals surface area contributed by atoms with Gasteiger partial charge in [0.1, 0.15) is 0 Å². The normalized spacial score (nSPS) is 18.4. The highest BCUT2D eigenvalue weighted by Gasteiger charge is 2.21. The van der Waals surface area contributed by atoms with E-state index in [1.54, 1.807) is 0 Å². The van der Waals surface area contributed by atoms with Crippen molar-refractivity contribution in [3.63, 3.8) is 0 Å². The van der Waals surface area contributed by atoms with E-state index in [0.29, 0.717) is 18.6 Å². The minimum atomic E-state index is 0.0623. The number of nitrogens with one attached hydrogen (secondary N) is 2. The molecule has 1 atom stereocenters. The van der Waals surface area contributed by atoms with E-state index in [1.807, 2.05) is 31.2 Å². The number of carbonyl (C=O) groups excluding carboxylic acids is 1. The third-order valence-electron chi connectivity index (χ3n) is 4.00. The highest BCUT2D eigenvalue weighted by Crippen LogP contribution is 2.11. The molecule has 0 saturated carbocycles. The molecule has 0 radical (unpaired) electrons. The molecule has 1 aromatic carbocycles. The van der Waals surface area contributed by atoms with Crippen LogP contribution in [0.2, 0.25) is 0 Å². The quantitative estimate of drug-likeness (QED) is 0.845. The standard InChI is InChI=1S/C17H27N3O/c1-13(2)20(11-16-8-5-9-18-16)12-17(21)19-15-7-4-6-14(3)10-15/h4,6-7,10,13,16,18H,5,8-9,11-12H2,1-3H3,(H,19,21). The lowest BCUT2D eigenvalue weighted by Crippen LogP contribution is -2.44. The first-order valence-electron chi connectivity index (χ1n) is 7.88. The number of carbonyl (C=O) groups is 1. The van der Waals surface area contributed by atoms with Crippen LogP contribution in [0, 0.1) is 6.92 Å². The average molecular weight is 289 g/mol. The van der Waals surface area contributed by atoms with Crippen molar-refractivity contribution in [3.8, 4) is 0 Å². The number of hydrogen-bond donors (Lipinski definition) is 2. The van der Waals surface area contributed by atoms with E-state index < -0.39 is 0 Å². The van der Waals surface area contributed by atoms with Crippen LogP contribution in [0.3, 0.4) is 0 Å². The van der Waals surface area contributed by atoms with Gasteiger partial charge in [0.05, 0.1) is 6.54 Å².